The zero-order chi connectivity index (χ0) is 14.8. The van der Waals surface area contributed by atoms with E-state index in [9.17, 15) is 13.2 Å². The lowest BCUT2D eigenvalue weighted by molar-refractivity contribution is -0.121. The van der Waals surface area contributed by atoms with Gasteiger partial charge >= 0.3 is 0 Å². The molecule has 0 fully saturated rings. The first-order chi connectivity index (χ1) is 8.64. The predicted molar refractivity (Wildman–Crippen MR) is 79.9 cm³/mol. The molecule has 108 valence electrons. The van der Waals surface area contributed by atoms with Crippen LogP contribution >= 0.6 is 27.3 Å². The monoisotopic (exact) mass is 368 g/mol. The van der Waals surface area contributed by atoms with Gasteiger partial charge < -0.3 is 5.32 Å². The number of hydrogen-bond acceptors (Lipinski definition) is 4. The first-order valence-electron chi connectivity index (χ1n) is 5.66. The van der Waals surface area contributed by atoms with Gasteiger partial charge in [-0.3, -0.25) is 4.79 Å². The van der Waals surface area contributed by atoms with Crippen LogP contribution in [0.15, 0.2) is 14.1 Å². The number of carbonyl (C=O) groups excluding carboxylic acids is 1. The molecule has 0 aliphatic carbocycles. The fourth-order valence-corrected chi connectivity index (χ4v) is 4.93. The number of thiophene rings is 1. The van der Waals surface area contributed by atoms with Crippen molar-refractivity contribution in [3.8, 4) is 0 Å². The van der Waals surface area contributed by atoms with Crippen LogP contribution in [-0.4, -0.2) is 38.3 Å². The van der Waals surface area contributed by atoms with Crippen LogP contribution in [0, 0.1) is 6.92 Å². The van der Waals surface area contributed by atoms with Gasteiger partial charge in [0.05, 0.1) is 10.3 Å². The van der Waals surface area contributed by atoms with Gasteiger partial charge in [-0.15, -0.1) is 11.3 Å². The highest BCUT2D eigenvalue weighted by molar-refractivity contribution is 9.11. The average molecular weight is 369 g/mol. The number of hydrogen-bond donors (Lipinski definition) is 1. The molecular weight excluding hydrogens is 352 g/mol. The van der Waals surface area contributed by atoms with Gasteiger partial charge in [-0.25, -0.2) is 8.42 Å². The summed E-state index contributed by atoms with van der Waals surface area (Å²) in [6, 6.07) is 1.59. The van der Waals surface area contributed by atoms with Crippen molar-refractivity contribution in [2.24, 2.45) is 0 Å². The summed E-state index contributed by atoms with van der Waals surface area (Å²) in [5.74, 6) is -0.312. The maximum Gasteiger partial charge on any atom is 0.252 e. The van der Waals surface area contributed by atoms with Gasteiger partial charge in [0.25, 0.3) is 10.0 Å². The molecule has 0 saturated heterocycles. The summed E-state index contributed by atoms with van der Waals surface area (Å²) in [6.45, 7) is 5.29. The second-order valence-corrected chi connectivity index (χ2v) is 9.15. The number of amides is 1. The van der Waals surface area contributed by atoms with E-state index < -0.39 is 10.0 Å². The molecule has 0 aliphatic rings. The maximum atomic E-state index is 12.3. The van der Waals surface area contributed by atoms with Crippen LogP contribution in [0.4, 0.5) is 0 Å². The first kappa shape index (κ1) is 16.6. The third-order valence-corrected chi connectivity index (χ3v) is 6.70. The largest absolute Gasteiger partial charge is 0.353 e. The molecule has 1 rings (SSSR count). The molecule has 19 heavy (non-hydrogen) atoms. The summed E-state index contributed by atoms with van der Waals surface area (Å²) in [4.78, 5) is 11.6. The molecule has 0 saturated carbocycles. The highest BCUT2D eigenvalue weighted by Crippen LogP contribution is 2.31. The molecule has 0 radical (unpaired) electrons. The summed E-state index contributed by atoms with van der Waals surface area (Å²) in [5.41, 5.74) is 0.864. The van der Waals surface area contributed by atoms with E-state index in [2.05, 4.69) is 21.2 Å². The zero-order valence-electron chi connectivity index (χ0n) is 11.2. The quantitative estimate of drug-likeness (QED) is 0.863. The highest BCUT2D eigenvalue weighted by Gasteiger charge is 2.25. The average Bonchev–Trinajstić information content (AvgIpc) is 2.58. The molecular formula is C11H17BrN2O3S2. The van der Waals surface area contributed by atoms with Crippen molar-refractivity contribution in [1.82, 2.24) is 9.62 Å². The van der Waals surface area contributed by atoms with Crippen molar-refractivity contribution in [1.29, 1.82) is 0 Å². The molecule has 0 aliphatic heterocycles. The molecule has 0 aromatic carbocycles. The Morgan fingerprint density at radius 3 is 2.53 bits per heavy atom. The van der Waals surface area contributed by atoms with E-state index >= 15 is 0 Å². The Balaban J connectivity index is 2.86. The van der Waals surface area contributed by atoms with Gasteiger partial charge in [-0.05, 0) is 48.3 Å². The molecule has 1 N–H and O–H groups in total. The molecule has 1 heterocycles. The lowest BCUT2D eigenvalue weighted by Crippen LogP contribution is -2.40. The fourth-order valence-electron chi connectivity index (χ4n) is 1.37. The molecule has 0 atom stereocenters. The Morgan fingerprint density at radius 1 is 1.53 bits per heavy atom. The maximum absolute atomic E-state index is 12.3. The Labute approximate surface area is 126 Å². The lowest BCUT2D eigenvalue weighted by atomic mass is 10.4. The van der Waals surface area contributed by atoms with Crippen molar-refractivity contribution in [2.75, 3.05) is 13.6 Å². The molecule has 5 nitrogen and oxygen atoms in total. The first-order valence-corrected chi connectivity index (χ1v) is 8.71. The molecule has 8 heteroatoms. The molecule has 1 aromatic rings. The molecule has 1 amide bonds. The van der Waals surface area contributed by atoms with E-state index in [-0.39, 0.29) is 22.7 Å². The second-order valence-electron chi connectivity index (χ2n) is 4.51. The van der Waals surface area contributed by atoms with Crippen LogP contribution in [0.3, 0.4) is 0 Å². The molecule has 0 bridgehead atoms. The van der Waals surface area contributed by atoms with E-state index in [0.29, 0.717) is 0 Å². The number of rotatable bonds is 5. The van der Waals surface area contributed by atoms with Gasteiger partial charge in [0.1, 0.15) is 4.21 Å². The normalized spacial score (nSPS) is 12.2. The SMILES string of the molecule is Cc1cc(S(=O)(=O)N(C)CC(=O)NC(C)C)sc1Br. The van der Waals surface area contributed by atoms with Crippen LogP contribution in [0.5, 0.6) is 0 Å². The van der Waals surface area contributed by atoms with Gasteiger partial charge in [-0.2, -0.15) is 4.31 Å². The minimum atomic E-state index is -3.61. The smallest absolute Gasteiger partial charge is 0.252 e. The Hall–Kier alpha value is -0.440. The molecule has 0 spiro atoms. The van der Waals surface area contributed by atoms with Gasteiger partial charge in [0, 0.05) is 13.1 Å². The van der Waals surface area contributed by atoms with Crippen LogP contribution in [-0.2, 0) is 14.8 Å². The van der Waals surface area contributed by atoms with E-state index in [1.165, 1.54) is 7.05 Å². The standard InChI is InChI=1S/C11H17BrN2O3S2/c1-7(2)13-9(15)6-14(4)19(16,17)10-5-8(3)11(12)18-10/h5,7H,6H2,1-4H3,(H,13,15). The fraction of sp³-hybridized carbons (Fsp3) is 0.545. The number of sulfonamides is 1. The summed E-state index contributed by atoms with van der Waals surface area (Å²) in [5, 5.41) is 2.66. The predicted octanol–water partition coefficient (Wildman–Crippen LogP) is 1.96. The van der Waals surface area contributed by atoms with Crippen LogP contribution in [0.1, 0.15) is 19.4 Å². The third-order valence-electron chi connectivity index (χ3n) is 2.32. The minimum absolute atomic E-state index is 0.0123. The number of aryl methyl sites for hydroxylation is 1. The van der Waals surface area contributed by atoms with Crippen LogP contribution in [0.2, 0.25) is 0 Å². The van der Waals surface area contributed by atoms with Gasteiger partial charge in [-0.1, -0.05) is 0 Å². The van der Waals surface area contributed by atoms with E-state index in [1.807, 2.05) is 20.8 Å². The summed E-state index contributed by atoms with van der Waals surface area (Å²) < 4.78 is 26.6. The Kier molecular flexibility index (Phi) is 5.54. The Morgan fingerprint density at radius 2 is 2.11 bits per heavy atom. The number of likely N-dealkylation sites (N-methyl/N-ethyl adjacent to an activating group) is 1. The number of carbonyl (C=O) groups is 1. The van der Waals surface area contributed by atoms with Gasteiger partial charge in [0.15, 0.2) is 0 Å². The van der Waals surface area contributed by atoms with E-state index in [0.717, 1.165) is 25.0 Å². The zero-order valence-corrected chi connectivity index (χ0v) is 14.4. The van der Waals surface area contributed by atoms with Crippen molar-refractivity contribution < 1.29 is 13.2 Å². The van der Waals surface area contributed by atoms with Crippen molar-refractivity contribution in [3.05, 3.63) is 15.4 Å². The number of nitrogens with one attached hydrogen (secondary N) is 1. The summed E-state index contributed by atoms with van der Waals surface area (Å²) in [7, 11) is -2.21. The Bertz CT molecular complexity index is 547. The summed E-state index contributed by atoms with van der Waals surface area (Å²) in [6.07, 6.45) is 0. The number of halogens is 1. The van der Waals surface area contributed by atoms with Crippen molar-refractivity contribution in [2.45, 2.75) is 31.0 Å². The van der Waals surface area contributed by atoms with Crippen molar-refractivity contribution in [3.63, 3.8) is 0 Å². The molecule has 1 aromatic heterocycles. The number of nitrogens with zero attached hydrogens (tertiary/aromatic N) is 1. The second kappa shape index (κ2) is 6.34. The van der Waals surface area contributed by atoms with E-state index in [4.69, 9.17) is 0 Å². The lowest BCUT2D eigenvalue weighted by Gasteiger charge is -2.16. The molecule has 0 unspecified atom stereocenters. The topological polar surface area (TPSA) is 66.5 Å². The van der Waals surface area contributed by atoms with Crippen LogP contribution < -0.4 is 5.32 Å². The third kappa shape index (κ3) is 4.27. The highest BCUT2D eigenvalue weighted by atomic mass is 79.9. The van der Waals surface area contributed by atoms with Gasteiger partial charge in [0.2, 0.25) is 5.91 Å². The minimum Gasteiger partial charge on any atom is -0.353 e. The van der Waals surface area contributed by atoms with Crippen molar-refractivity contribution >= 4 is 43.2 Å². The summed E-state index contributed by atoms with van der Waals surface area (Å²) >= 11 is 4.44. The van der Waals surface area contributed by atoms with Crippen LogP contribution in [0.25, 0.3) is 0 Å². The van der Waals surface area contributed by atoms with E-state index in [1.54, 1.807) is 6.07 Å².